The van der Waals surface area contributed by atoms with Gasteiger partial charge in [-0.2, -0.15) is 5.10 Å². The van der Waals surface area contributed by atoms with Crippen molar-refractivity contribution in [2.24, 2.45) is 23.7 Å². The standard InChI is InChI=1S/C31H42N4O3S/c1-19-7-10-26(11-8-19)39(37,38)34-24-9-12-28-27(18-24)30(33-35(28)25-5-3-2-4-6-25)31(36)32-29-22-14-20-13-21(16-22)17-23(29)15-20/h7-8,10-11,20-25,29,34H,2-6,9,12-18H2,1H3,(H,32,36). The molecule has 1 atom stereocenters. The Hall–Kier alpha value is -2.19. The number of rotatable bonds is 6. The summed E-state index contributed by atoms with van der Waals surface area (Å²) in [5.74, 6) is 2.90. The van der Waals surface area contributed by atoms with E-state index in [4.69, 9.17) is 5.10 Å². The van der Waals surface area contributed by atoms with Crippen LogP contribution < -0.4 is 10.0 Å². The van der Waals surface area contributed by atoms with Gasteiger partial charge in [-0.25, -0.2) is 13.1 Å². The number of hydrogen-bond acceptors (Lipinski definition) is 4. The second kappa shape index (κ2) is 10.0. The van der Waals surface area contributed by atoms with Crippen LogP contribution in [0.1, 0.15) is 104 Å². The fraction of sp³-hybridized carbons (Fsp3) is 0.677. The van der Waals surface area contributed by atoms with Crippen molar-refractivity contribution in [3.63, 3.8) is 0 Å². The number of aryl methyl sites for hydroxylation is 1. The first-order valence-electron chi connectivity index (χ1n) is 15.3. The molecule has 2 aromatic rings. The lowest BCUT2D eigenvalue weighted by molar-refractivity contribution is -0.0120. The summed E-state index contributed by atoms with van der Waals surface area (Å²) in [5, 5.41) is 8.51. The van der Waals surface area contributed by atoms with E-state index in [1.807, 2.05) is 19.1 Å². The first-order chi connectivity index (χ1) is 18.8. The van der Waals surface area contributed by atoms with Crippen LogP contribution in [0, 0.1) is 30.6 Å². The number of nitrogens with zero attached hydrogens (tertiary/aromatic N) is 2. The minimum Gasteiger partial charge on any atom is -0.347 e. The molecule has 39 heavy (non-hydrogen) atoms. The van der Waals surface area contributed by atoms with Gasteiger partial charge in [-0.15, -0.1) is 0 Å². The summed E-state index contributed by atoms with van der Waals surface area (Å²) >= 11 is 0. The van der Waals surface area contributed by atoms with Crippen molar-refractivity contribution < 1.29 is 13.2 Å². The van der Waals surface area contributed by atoms with Crippen molar-refractivity contribution in [3.8, 4) is 0 Å². The number of sulfonamides is 1. The molecule has 0 aliphatic heterocycles. The van der Waals surface area contributed by atoms with Crippen LogP contribution in [0.4, 0.5) is 0 Å². The first kappa shape index (κ1) is 25.8. The van der Waals surface area contributed by atoms with Crippen molar-refractivity contribution in [3.05, 3.63) is 46.8 Å². The molecule has 4 bridgehead atoms. The van der Waals surface area contributed by atoms with Gasteiger partial charge >= 0.3 is 0 Å². The molecule has 7 nitrogen and oxygen atoms in total. The summed E-state index contributed by atoms with van der Waals surface area (Å²) in [5.41, 5.74) is 3.69. The molecule has 6 aliphatic rings. The minimum absolute atomic E-state index is 0.0414. The predicted molar refractivity (Wildman–Crippen MR) is 150 cm³/mol. The summed E-state index contributed by atoms with van der Waals surface area (Å²) in [4.78, 5) is 14.2. The van der Waals surface area contributed by atoms with Gasteiger partial charge in [0.05, 0.1) is 10.9 Å². The van der Waals surface area contributed by atoms with Crippen LogP contribution in [-0.2, 0) is 22.9 Å². The second-order valence-corrected chi connectivity index (χ2v) is 15.0. The van der Waals surface area contributed by atoms with Gasteiger partial charge in [0.2, 0.25) is 10.0 Å². The molecule has 1 amide bonds. The van der Waals surface area contributed by atoms with Gasteiger partial charge in [-0.1, -0.05) is 37.0 Å². The molecule has 0 spiro atoms. The Bertz CT molecular complexity index is 1310. The van der Waals surface area contributed by atoms with Crippen LogP contribution in [0.3, 0.4) is 0 Å². The van der Waals surface area contributed by atoms with Crippen LogP contribution in [-0.4, -0.2) is 36.2 Å². The summed E-state index contributed by atoms with van der Waals surface area (Å²) in [6.07, 6.45) is 14.3. The topological polar surface area (TPSA) is 93.1 Å². The Morgan fingerprint density at radius 3 is 2.26 bits per heavy atom. The lowest BCUT2D eigenvalue weighted by Crippen LogP contribution is -2.56. The normalized spacial score (nSPS) is 32.2. The molecule has 0 saturated heterocycles. The zero-order chi connectivity index (χ0) is 26.7. The first-order valence-corrected chi connectivity index (χ1v) is 16.8. The highest BCUT2D eigenvalue weighted by Gasteiger charge is 2.49. The number of benzene rings is 1. The maximum Gasteiger partial charge on any atom is 0.272 e. The minimum atomic E-state index is -3.64. The Morgan fingerprint density at radius 1 is 0.923 bits per heavy atom. The van der Waals surface area contributed by atoms with E-state index >= 15 is 0 Å². The smallest absolute Gasteiger partial charge is 0.272 e. The predicted octanol–water partition coefficient (Wildman–Crippen LogP) is 5.09. The van der Waals surface area contributed by atoms with E-state index in [0.717, 1.165) is 47.9 Å². The van der Waals surface area contributed by atoms with Crippen LogP contribution >= 0.6 is 0 Å². The van der Waals surface area contributed by atoms with E-state index in [1.165, 1.54) is 51.4 Å². The number of nitrogens with one attached hydrogen (secondary N) is 2. The lowest BCUT2D eigenvalue weighted by atomic mass is 9.54. The highest BCUT2D eigenvalue weighted by atomic mass is 32.2. The van der Waals surface area contributed by atoms with Crippen LogP contribution in [0.25, 0.3) is 0 Å². The molecule has 8 heteroatoms. The van der Waals surface area contributed by atoms with Gasteiger partial charge in [0.25, 0.3) is 5.91 Å². The molecule has 0 radical (unpaired) electrons. The fourth-order valence-corrected chi connectivity index (χ4v) is 10.2. The third-order valence-electron chi connectivity index (χ3n) is 10.6. The summed E-state index contributed by atoms with van der Waals surface area (Å²) in [6.45, 7) is 1.95. The molecule has 1 heterocycles. The summed E-state index contributed by atoms with van der Waals surface area (Å²) in [6, 6.07) is 7.34. The number of carbonyl (C=O) groups excluding carboxylic acids is 1. The SMILES string of the molecule is Cc1ccc(S(=O)(=O)NC2CCc3c(c(C(=O)NC4C5CC6CC(C5)CC4C6)nn3C3CCCCC3)C2)cc1. The molecule has 1 aromatic heterocycles. The number of fused-ring (bicyclic) bond motifs is 1. The number of aromatic nitrogens is 2. The van der Waals surface area contributed by atoms with Gasteiger partial charge in [0.15, 0.2) is 5.69 Å². The molecule has 6 aliphatic carbocycles. The summed E-state index contributed by atoms with van der Waals surface area (Å²) in [7, 11) is -3.64. The van der Waals surface area contributed by atoms with E-state index < -0.39 is 10.0 Å². The average Bonchev–Trinajstić information content (AvgIpc) is 3.30. The van der Waals surface area contributed by atoms with Crippen LogP contribution in [0.5, 0.6) is 0 Å². The van der Waals surface area contributed by atoms with Gasteiger partial charge in [-0.3, -0.25) is 9.48 Å². The Labute approximate surface area is 232 Å². The highest BCUT2D eigenvalue weighted by Crippen LogP contribution is 2.53. The van der Waals surface area contributed by atoms with E-state index in [-0.39, 0.29) is 22.9 Å². The third kappa shape index (κ3) is 4.86. The number of hydrogen-bond donors (Lipinski definition) is 2. The average molecular weight is 551 g/mol. The Kier molecular flexibility index (Phi) is 6.62. The van der Waals surface area contributed by atoms with Gasteiger partial charge in [-0.05, 0) is 107 Å². The molecular weight excluding hydrogens is 508 g/mol. The molecule has 5 fully saturated rings. The Balaban J connectivity index is 1.15. The Morgan fingerprint density at radius 2 is 1.59 bits per heavy atom. The second-order valence-electron chi connectivity index (χ2n) is 13.3. The fourth-order valence-electron chi connectivity index (χ4n) is 8.94. The van der Waals surface area contributed by atoms with Gasteiger partial charge in [0, 0.05) is 23.3 Å². The molecule has 1 unspecified atom stereocenters. The van der Waals surface area contributed by atoms with E-state index in [1.54, 1.807) is 12.1 Å². The van der Waals surface area contributed by atoms with Crippen molar-refractivity contribution in [2.75, 3.05) is 0 Å². The van der Waals surface area contributed by atoms with Gasteiger partial charge < -0.3 is 5.32 Å². The highest BCUT2D eigenvalue weighted by molar-refractivity contribution is 7.89. The van der Waals surface area contributed by atoms with E-state index in [9.17, 15) is 13.2 Å². The quantitative estimate of drug-likeness (QED) is 0.524. The zero-order valence-electron chi connectivity index (χ0n) is 23.1. The zero-order valence-corrected chi connectivity index (χ0v) is 23.9. The lowest BCUT2D eigenvalue weighted by Gasteiger charge is -2.54. The number of amides is 1. The van der Waals surface area contributed by atoms with E-state index in [0.29, 0.717) is 36.4 Å². The molecule has 5 saturated carbocycles. The van der Waals surface area contributed by atoms with Crippen molar-refractivity contribution in [1.29, 1.82) is 0 Å². The largest absolute Gasteiger partial charge is 0.347 e. The maximum atomic E-state index is 13.9. The van der Waals surface area contributed by atoms with E-state index in [2.05, 4.69) is 14.7 Å². The molecule has 8 rings (SSSR count). The maximum absolute atomic E-state index is 13.9. The van der Waals surface area contributed by atoms with Crippen molar-refractivity contribution in [2.45, 2.75) is 113 Å². The van der Waals surface area contributed by atoms with Crippen LogP contribution in [0.2, 0.25) is 0 Å². The third-order valence-corrected chi connectivity index (χ3v) is 12.1. The van der Waals surface area contributed by atoms with Crippen molar-refractivity contribution in [1.82, 2.24) is 19.8 Å². The molecule has 1 aromatic carbocycles. The summed E-state index contributed by atoms with van der Waals surface area (Å²) < 4.78 is 31.5. The van der Waals surface area contributed by atoms with Crippen LogP contribution in [0.15, 0.2) is 29.2 Å². The molecular formula is C31H42N4O3S. The van der Waals surface area contributed by atoms with Crippen molar-refractivity contribution >= 4 is 15.9 Å². The molecule has 210 valence electrons. The number of carbonyl (C=O) groups is 1. The van der Waals surface area contributed by atoms with Gasteiger partial charge in [0.1, 0.15) is 0 Å². The molecule has 2 N–H and O–H groups in total. The monoisotopic (exact) mass is 550 g/mol.